The van der Waals surface area contributed by atoms with Crippen LogP contribution < -0.4 is 10.6 Å². The smallest absolute Gasteiger partial charge is 0.277 e. The number of amides is 1. The number of aliphatic hydroxyl groups is 1. The molecule has 1 amide bonds. The molecule has 3 N–H and O–H groups in total. The van der Waals surface area contributed by atoms with E-state index < -0.39 is 29.4 Å². The molecule has 2 aromatic carbocycles. The van der Waals surface area contributed by atoms with Crippen LogP contribution in [0.2, 0.25) is 0 Å². The second kappa shape index (κ2) is 9.54. The van der Waals surface area contributed by atoms with Crippen LogP contribution in [-0.2, 0) is 9.59 Å². The van der Waals surface area contributed by atoms with Crippen LogP contribution in [0.5, 0.6) is 0 Å². The molecule has 0 saturated carbocycles. The van der Waals surface area contributed by atoms with E-state index in [1.807, 2.05) is 68.4 Å². The fourth-order valence-electron chi connectivity index (χ4n) is 4.12. The monoisotopic (exact) mass is 421 g/mol. The molecule has 0 aliphatic carbocycles. The van der Waals surface area contributed by atoms with E-state index in [9.17, 15) is 14.7 Å². The topological polar surface area (TPSA) is 96.0 Å². The Labute approximate surface area is 183 Å². The minimum Gasteiger partial charge on any atom is -0.392 e. The maximum Gasteiger partial charge on any atom is 0.277 e. The highest BCUT2D eigenvalue weighted by molar-refractivity contribution is 6.25. The van der Waals surface area contributed by atoms with Crippen LogP contribution in [0, 0.1) is 5.92 Å². The van der Waals surface area contributed by atoms with Gasteiger partial charge in [0.15, 0.2) is 5.78 Å². The Hall–Kier alpha value is -2.83. The van der Waals surface area contributed by atoms with Gasteiger partial charge in [0, 0.05) is 24.1 Å². The Morgan fingerprint density at radius 1 is 1.13 bits per heavy atom. The number of fused-ring (bicyclic) bond motifs is 1. The third-order valence-electron chi connectivity index (χ3n) is 5.96. The van der Waals surface area contributed by atoms with Gasteiger partial charge in [-0.3, -0.25) is 15.3 Å². The Balaban J connectivity index is 2.16. The number of anilines is 1. The molecule has 0 saturated heterocycles. The molecule has 2 aromatic rings. The third kappa shape index (κ3) is 4.31. The zero-order valence-corrected chi connectivity index (χ0v) is 18.4. The molecule has 31 heavy (non-hydrogen) atoms. The summed E-state index contributed by atoms with van der Waals surface area (Å²) in [7, 11) is 1.61. The van der Waals surface area contributed by atoms with Crippen molar-refractivity contribution in [2.45, 2.75) is 51.3 Å². The maximum atomic E-state index is 13.7. The van der Waals surface area contributed by atoms with Gasteiger partial charge in [-0.1, -0.05) is 75.2 Å². The van der Waals surface area contributed by atoms with Crippen molar-refractivity contribution in [3.63, 3.8) is 0 Å². The van der Waals surface area contributed by atoms with Crippen LogP contribution in [0.25, 0.3) is 0 Å². The number of aliphatic imine (C=N–C) groups is 1. The van der Waals surface area contributed by atoms with Crippen molar-refractivity contribution in [3.05, 3.63) is 65.7 Å². The molecule has 0 bridgehead atoms. The summed E-state index contributed by atoms with van der Waals surface area (Å²) in [5, 5.41) is 10.7. The molecular weight excluding hydrogens is 390 g/mol. The third-order valence-corrected chi connectivity index (χ3v) is 5.96. The van der Waals surface area contributed by atoms with Gasteiger partial charge in [0.05, 0.1) is 17.5 Å². The van der Waals surface area contributed by atoms with Crippen molar-refractivity contribution in [1.82, 2.24) is 0 Å². The van der Waals surface area contributed by atoms with Crippen LogP contribution >= 0.6 is 0 Å². The Kier molecular flexibility index (Phi) is 7.03. The van der Waals surface area contributed by atoms with Crippen molar-refractivity contribution in [3.8, 4) is 0 Å². The van der Waals surface area contributed by atoms with Gasteiger partial charge in [-0.05, 0) is 18.9 Å². The number of nitrogens with two attached hydrogens (primary N) is 1. The summed E-state index contributed by atoms with van der Waals surface area (Å²) in [5.41, 5.74) is 7.04. The average molecular weight is 422 g/mol. The van der Waals surface area contributed by atoms with E-state index in [0.29, 0.717) is 24.2 Å². The number of Topliss-reactive ketones (excluding diaryl/α,β-unsaturated/α-hetero) is 1. The molecule has 0 fully saturated rings. The van der Waals surface area contributed by atoms with E-state index in [4.69, 9.17) is 5.73 Å². The molecule has 3 atom stereocenters. The number of hydrogen-bond donors (Lipinski definition) is 2. The van der Waals surface area contributed by atoms with Gasteiger partial charge in [-0.15, -0.1) is 0 Å². The summed E-state index contributed by atoms with van der Waals surface area (Å²) in [6.45, 7) is 3.85. The summed E-state index contributed by atoms with van der Waals surface area (Å²) in [6.07, 6.45) is 1.69. The molecule has 0 spiro atoms. The predicted octanol–water partition coefficient (Wildman–Crippen LogP) is 3.30. The van der Waals surface area contributed by atoms with E-state index in [1.54, 1.807) is 7.05 Å². The Morgan fingerprint density at radius 3 is 2.42 bits per heavy atom. The number of aliphatic hydroxyl groups excluding tert-OH is 1. The average Bonchev–Trinajstić information content (AvgIpc) is 2.88. The molecule has 164 valence electrons. The number of benzene rings is 2. The second-order valence-corrected chi connectivity index (χ2v) is 8.06. The van der Waals surface area contributed by atoms with E-state index in [1.165, 1.54) is 4.90 Å². The number of hydrogen-bond acceptors (Lipinski definition) is 5. The number of carbonyl (C=O) groups is 2. The van der Waals surface area contributed by atoms with Gasteiger partial charge in [0.1, 0.15) is 0 Å². The molecule has 1 heterocycles. The highest BCUT2D eigenvalue weighted by Gasteiger charge is 2.50. The highest BCUT2D eigenvalue weighted by Crippen LogP contribution is 2.32. The minimum absolute atomic E-state index is 0.378. The lowest BCUT2D eigenvalue weighted by atomic mass is 9.84. The molecule has 6 nitrogen and oxygen atoms in total. The van der Waals surface area contributed by atoms with Crippen LogP contribution in [0.1, 0.15) is 50.7 Å². The van der Waals surface area contributed by atoms with Crippen LogP contribution in [0.15, 0.2) is 59.6 Å². The molecule has 6 heteroatoms. The van der Waals surface area contributed by atoms with Gasteiger partial charge < -0.3 is 10.0 Å². The van der Waals surface area contributed by atoms with E-state index in [0.717, 1.165) is 24.0 Å². The fraction of sp³-hybridized carbons (Fsp3) is 0.400. The molecule has 0 radical (unpaired) electrons. The zero-order valence-electron chi connectivity index (χ0n) is 18.4. The Bertz CT molecular complexity index is 973. The van der Waals surface area contributed by atoms with Crippen LogP contribution in [0.4, 0.5) is 5.69 Å². The first-order valence-corrected chi connectivity index (χ1v) is 10.9. The second-order valence-electron chi connectivity index (χ2n) is 8.06. The normalized spacial score (nSPS) is 20.5. The van der Waals surface area contributed by atoms with Crippen molar-refractivity contribution in [2.24, 2.45) is 16.6 Å². The van der Waals surface area contributed by atoms with Crippen molar-refractivity contribution in [2.75, 3.05) is 11.9 Å². The van der Waals surface area contributed by atoms with Gasteiger partial charge in [0.2, 0.25) is 5.66 Å². The van der Waals surface area contributed by atoms with Crippen molar-refractivity contribution >= 4 is 23.1 Å². The summed E-state index contributed by atoms with van der Waals surface area (Å²) in [5.74, 6) is -1.91. The molecular formula is C25H31N3O3. The zero-order chi connectivity index (χ0) is 22.6. The summed E-state index contributed by atoms with van der Waals surface area (Å²) in [6, 6.07) is 16.8. The number of carbonyl (C=O) groups excluding carboxylic acids is 2. The van der Waals surface area contributed by atoms with E-state index in [-0.39, 0.29) is 0 Å². The summed E-state index contributed by atoms with van der Waals surface area (Å²) >= 11 is 0. The number of likely N-dealkylation sites (N-methyl/N-ethyl adjacent to an activating group) is 1. The molecule has 0 unspecified atom stereocenters. The summed E-state index contributed by atoms with van der Waals surface area (Å²) < 4.78 is 0. The van der Waals surface area contributed by atoms with Crippen LogP contribution in [0.3, 0.4) is 0 Å². The predicted molar refractivity (Wildman–Crippen MR) is 123 cm³/mol. The van der Waals surface area contributed by atoms with Gasteiger partial charge >= 0.3 is 0 Å². The molecule has 0 aromatic heterocycles. The van der Waals surface area contributed by atoms with E-state index in [2.05, 4.69) is 4.99 Å². The number of benzodiazepines with no additional fused rings is 1. The molecule has 1 aliphatic rings. The molecule has 3 rings (SSSR count). The van der Waals surface area contributed by atoms with Gasteiger partial charge in [-0.25, -0.2) is 4.99 Å². The molecule has 1 aliphatic heterocycles. The standard InChI is InChI=1S/C25H31N3O3/c1-4-6-16-21(29)18(5-2)23(30)25(26)24(31)28(3)20-15-11-10-14-19(20)22(27-25)17-12-8-7-9-13-17/h7-15,18,21,29H,4-6,16,26H2,1-3H3/t18-,21+,25+/m1/s1. The number of unbranched alkanes of at least 4 members (excludes halogenated alkanes) is 1. The number of nitrogens with zero attached hydrogens (tertiary/aromatic N) is 2. The lowest BCUT2D eigenvalue weighted by Gasteiger charge is -2.31. The SMILES string of the molecule is CCCC[C@H](O)[C@@H](CC)C(=O)[C@]1(N)N=C(c2ccccc2)c2ccccc2N(C)C1=O. The lowest BCUT2D eigenvalue weighted by Crippen LogP contribution is -2.61. The largest absolute Gasteiger partial charge is 0.392 e. The van der Waals surface area contributed by atoms with Gasteiger partial charge in [-0.2, -0.15) is 0 Å². The minimum atomic E-state index is -2.12. The number of para-hydroxylation sites is 1. The van der Waals surface area contributed by atoms with Crippen LogP contribution in [-0.4, -0.2) is 41.3 Å². The fourth-order valence-corrected chi connectivity index (χ4v) is 4.12. The van der Waals surface area contributed by atoms with Crippen molar-refractivity contribution < 1.29 is 14.7 Å². The van der Waals surface area contributed by atoms with E-state index >= 15 is 0 Å². The number of ketones is 1. The van der Waals surface area contributed by atoms with Crippen molar-refractivity contribution in [1.29, 1.82) is 0 Å². The highest BCUT2D eigenvalue weighted by atomic mass is 16.3. The Morgan fingerprint density at radius 2 is 1.77 bits per heavy atom. The maximum absolute atomic E-state index is 13.7. The quantitative estimate of drug-likeness (QED) is 0.639. The summed E-state index contributed by atoms with van der Waals surface area (Å²) in [4.78, 5) is 33.2. The van der Waals surface area contributed by atoms with Gasteiger partial charge in [0.25, 0.3) is 5.91 Å². The number of rotatable bonds is 8. The first-order chi connectivity index (χ1) is 14.8. The lowest BCUT2D eigenvalue weighted by molar-refractivity contribution is -0.139. The first-order valence-electron chi connectivity index (χ1n) is 10.9. The first kappa shape index (κ1) is 22.8.